The summed E-state index contributed by atoms with van der Waals surface area (Å²) in [5, 5.41) is 0. The predicted molar refractivity (Wildman–Crippen MR) is 56.4 cm³/mol. The predicted octanol–water partition coefficient (Wildman–Crippen LogP) is 0.130. The summed E-state index contributed by atoms with van der Waals surface area (Å²) in [4.78, 5) is 26.5. The van der Waals surface area contributed by atoms with Crippen LogP contribution in [0.4, 0.5) is 0 Å². The summed E-state index contributed by atoms with van der Waals surface area (Å²) in [6.07, 6.45) is 2.81. The maximum atomic E-state index is 11.4. The summed E-state index contributed by atoms with van der Waals surface area (Å²) in [5.41, 5.74) is 0. The molecule has 0 bridgehead atoms. The van der Waals surface area contributed by atoms with Gasteiger partial charge in [0.1, 0.15) is 0 Å². The van der Waals surface area contributed by atoms with Crippen molar-refractivity contribution < 1.29 is 9.59 Å². The fraction of sp³-hybridized carbons (Fsp3) is 0.818. The number of carbonyl (C=O) groups is 2. The van der Waals surface area contributed by atoms with E-state index in [9.17, 15) is 9.59 Å². The third-order valence-electron chi connectivity index (χ3n) is 3.34. The highest BCUT2D eigenvalue weighted by Gasteiger charge is 2.31. The Kier molecular flexibility index (Phi) is 3.05. The summed E-state index contributed by atoms with van der Waals surface area (Å²) >= 11 is 0. The molecule has 1 amide bonds. The van der Waals surface area contributed by atoms with Crippen LogP contribution in [-0.4, -0.2) is 54.7 Å². The van der Waals surface area contributed by atoms with E-state index >= 15 is 0 Å². The van der Waals surface area contributed by atoms with Crippen LogP contribution in [-0.2, 0) is 9.59 Å². The van der Waals surface area contributed by atoms with E-state index < -0.39 is 0 Å². The van der Waals surface area contributed by atoms with Crippen LogP contribution in [0.15, 0.2) is 0 Å². The van der Waals surface area contributed by atoms with Crippen LogP contribution < -0.4 is 0 Å². The summed E-state index contributed by atoms with van der Waals surface area (Å²) in [7, 11) is 2.11. The van der Waals surface area contributed by atoms with Gasteiger partial charge in [-0.3, -0.25) is 9.59 Å². The Balaban J connectivity index is 1.86. The van der Waals surface area contributed by atoms with Crippen molar-refractivity contribution in [3.63, 3.8) is 0 Å². The van der Waals surface area contributed by atoms with Crippen LogP contribution in [0.2, 0.25) is 0 Å². The van der Waals surface area contributed by atoms with Gasteiger partial charge in [-0.05, 0) is 32.4 Å². The molecule has 0 spiro atoms. The molecule has 1 unspecified atom stereocenters. The van der Waals surface area contributed by atoms with Crippen molar-refractivity contribution in [2.24, 2.45) is 5.92 Å². The van der Waals surface area contributed by atoms with Crippen molar-refractivity contribution >= 4 is 11.7 Å². The van der Waals surface area contributed by atoms with Gasteiger partial charge in [0.05, 0.1) is 0 Å². The highest BCUT2D eigenvalue weighted by molar-refractivity contribution is 6.37. The molecule has 0 aliphatic carbocycles. The average molecular weight is 210 g/mol. The lowest BCUT2D eigenvalue weighted by atomic mass is 9.98. The van der Waals surface area contributed by atoms with Crippen molar-refractivity contribution in [3.8, 4) is 0 Å². The maximum Gasteiger partial charge on any atom is 0.290 e. The molecule has 84 valence electrons. The molecule has 15 heavy (non-hydrogen) atoms. The van der Waals surface area contributed by atoms with Gasteiger partial charge in [0.2, 0.25) is 5.78 Å². The first-order chi connectivity index (χ1) is 7.16. The lowest BCUT2D eigenvalue weighted by Gasteiger charge is -2.32. The quantitative estimate of drug-likeness (QED) is 0.608. The van der Waals surface area contributed by atoms with Gasteiger partial charge in [0.25, 0.3) is 5.91 Å². The minimum Gasteiger partial charge on any atom is -0.335 e. The smallest absolute Gasteiger partial charge is 0.290 e. The lowest BCUT2D eigenvalue weighted by Crippen LogP contribution is -2.40. The molecule has 2 aliphatic rings. The van der Waals surface area contributed by atoms with Gasteiger partial charge < -0.3 is 9.80 Å². The molecule has 4 nitrogen and oxygen atoms in total. The van der Waals surface area contributed by atoms with Crippen LogP contribution >= 0.6 is 0 Å². The number of amides is 1. The molecule has 0 aromatic carbocycles. The molecule has 2 fully saturated rings. The van der Waals surface area contributed by atoms with Crippen LogP contribution in [0.5, 0.6) is 0 Å². The Hall–Kier alpha value is -0.900. The third-order valence-corrected chi connectivity index (χ3v) is 3.34. The van der Waals surface area contributed by atoms with E-state index in [1.54, 1.807) is 4.90 Å². The van der Waals surface area contributed by atoms with E-state index in [0.717, 1.165) is 19.6 Å². The van der Waals surface area contributed by atoms with Gasteiger partial charge in [0.15, 0.2) is 0 Å². The maximum absolute atomic E-state index is 11.4. The van der Waals surface area contributed by atoms with Crippen molar-refractivity contribution in [2.45, 2.75) is 19.3 Å². The standard InChI is InChI=1S/C11H18N2O2/c1-12-5-2-3-9(7-12)8-13-6-4-10(14)11(13)15/h9H,2-8H2,1H3. The summed E-state index contributed by atoms with van der Waals surface area (Å²) in [6.45, 7) is 3.62. The summed E-state index contributed by atoms with van der Waals surface area (Å²) in [6, 6.07) is 0. The number of likely N-dealkylation sites (tertiary alicyclic amines) is 2. The second-order valence-corrected chi connectivity index (χ2v) is 4.69. The van der Waals surface area contributed by atoms with Crippen molar-refractivity contribution in [3.05, 3.63) is 0 Å². The minimum absolute atomic E-state index is 0.209. The Morgan fingerprint density at radius 2 is 2.13 bits per heavy atom. The fourth-order valence-electron chi connectivity index (χ4n) is 2.53. The van der Waals surface area contributed by atoms with Gasteiger partial charge in [-0.2, -0.15) is 0 Å². The zero-order valence-corrected chi connectivity index (χ0v) is 9.24. The number of rotatable bonds is 2. The van der Waals surface area contributed by atoms with Crippen LogP contribution in [0.1, 0.15) is 19.3 Å². The number of nitrogens with zero attached hydrogens (tertiary/aromatic N) is 2. The first kappa shape index (κ1) is 10.6. The fourth-order valence-corrected chi connectivity index (χ4v) is 2.53. The van der Waals surface area contributed by atoms with Gasteiger partial charge in [0, 0.05) is 26.1 Å². The van der Waals surface area contributed by atoms with Crippen molar-refractivity contribution in [1.29, 1.82) is 0 Å². The van der Waals surface area contributed by atoms with Gasteiger partial charge in [-0.25, -0.2) is 0 Å². The number of hydrogen-bond acceptors (Lipinski definition) is 3. The second kappa shape index (κ2) is 4.31. The summed E-state index contributed by atoms with van der Waals surface area (Å²) in [5.74, 6) is 0.0843. The SMILES string of the molecule is CN1CCCC(CN2CCC(=O)C2=O)C1. The lowest BCUT2D eigenvalue weighted by molar-refractivity contribution is -0.140. The highest BCUT2D eigenvalue weighted by Crippen LogP contribution is 2.18. The van der Waals surface area contributed by atoms with E-state index in [1.807, 2.05) is 0 Å². The Morgan fingerprint density at radius 3 is 2.73 bits per heavy atom. The van der Waals surface area contributed by atoms with Crippen LogP contribution in [0.3, 0.4) is 0 Å². The summed E-state index contributed by atoms with van der Waals surface area (Å²) < 4.78 is 0. The Bertz CT molecular complexity index is 278. The number of piperidine rings is 1. The van der Waals surface area contributed by atoms with Gasteiger partial charge in [-0.1, -0.05) is 0 Å². The molecule has 4 heteroatoms. The van der Waals surface area contributed by atoms with E-state index in [4.69, 9.17) is 0 Å². The van der Waals surface area contributed by atoms with E-state index in [2.05, 4.69) is 11.9 Å². The first-order valence-corrected chi connectivity index (χ1v) is 5.67. The monoisotopic (exact) mass is 210 g/mol. The highest BCUT2D eigenvalue weighted by atomic mass is 16.2. The first-order valence-electron chi connectivity index (χ1n) is 5.67. The topological polar surface area (TPSA) is 40.6 Å². The normalized spacial score (nSPS) is 28.9. The zero-order valence-electron chi connectivity index (χ0n) is 9.24. The molecule has 0 aromatic rings. The second-order valence-electron chi connectivity index (χ2n) is 4.69. The molecule has 0 radical (unpaired) electrons. The van der Waals surface area contributed by atoms with Gasteiger partial charge in [-0.15, -0.1) is 0 Å². The molecule has 2 rings (SSSR count). The molecular formula is C11H18N2O2. The zero-order chi connectivity index (χ0) is 10.8. The minimum atomic E-state index is -0.261. The molecule has 0 saturated carbocycles. The Labute approximate surface area is 90.2 Å². The van der Waals surface area contributed by atoms with E-state index in [0.29, 0.717) is 18.9 Å². The Morgan fingerprint density at radius 1 is 1.33 bits per heavy atom. The van der Waals surface area contributed by atoms with Crippen LogP contribution in [0, 0.1) is 5.92 Å². The number of Topliss-reactive ketones (excluding diaryl/α,β-unsaturated/α-hetero) is 1. The third kappa shape index (κ3) is 2.37. The van der Waals surface area contributed by atoms with E-state index in [-0.39, 0.29) is 11.7 Å². The van der Waals surface area contributed by atoms with Crippen molar-refractivity contribution in [2.75, 3.05) is 33.2 Å². The molecule has 2 aliphatic heterocycles. The molecule has 0 N–H and O–H groups in total. The molecular weight excluding hydrogens is 192 g/mol. The largest absolute Gasteiger partial charge is 0.335 e. The van der Waals surface area contributed by atoms with E-state index in [1.165, 1.54) is 12.8 Å². The number of ketones is 1. The number of hydrogen-bond donors (Lipinski definition) is 0. The molecule has 0 aromatic heterocycles. The van der Waals surface area contributed by atoms with Crippen LogP contribution in [0.25, 0.3) is 0 Å². The number of carbonyl (C=O) groups excluding carboxylic acids is 2. The average Bonchev–Trinajstić information content (AvgIpc) is 2.50. The molecule has 1 atom stereocenters. The molecule has 2 saturated heterocycles. The molecule has 2 heterocycles. The van der Waals surface area contributed by atoms with Gasteiger partial charge >= 0.3 is 0 Å². The van der Waals surface area contributed by atoms with Crippen molar-refractivity contribution in [1.82, 2.24) is 9.80 Å².